The first-order chi connectivity index (χ1) is 11.5. The van der Waals surface area contributed by atoms with E-state index < -0.39 is 17.1 Å². The molecule has 0 bridgehead atoms. The van der Waals surface area contributed by atoms with E-state index in [2.05, 4.69) is 20.9 Å². The zero-order valence-electron chi connectivity index (χ0n) is 12.2. The molecule has 0 fully saturated rings. The predicted molar refractivity (Wildman–Crippen MR) is 87.0 cm³/mol. The molecule has 0 saturated heterocycles. The lowest BCUT2D eigenvalue weighted by atomic mass is 10.3. The van der Waals surface area contributed by atoms with Crippen LogP contribution < -0.4 is 5.43 Å². The highest BCUT2D eigenvalue weighted by molar-refractivity contribution is 9.10. The highest BCUT2D eigenvalue weighted by atomic mass is 79.9. The van der Waals surface area contributed by atoms with Crippen molar-refractivity contribution in [2.45, 2.75) is 6.61 Å². The fraction of sp³-hybridized carbons (Fsp3) is 0.0625. The summed E-state index contributed by atoms with van der Waals surface area (Å²) in [6, 6.07) is 8.54. The van der Waals surface area contributed by atoms with E-state index in [-0.39, 0.29) is 18.1 Å². The third-order valence-electron chi connectivity index (χ3n) is 3.13. The van der Waals surface area contributed by atoms with Gasteiger partial charge in [0.05, 0.1) is 0 Å². The van der Waals surface area contributed by atoms with Crippen molar-refractivity contribution in [3.63, 3.8) is 0 Å². The Balaban J connectivity index is 1.68. The Morgan fingerprint density at radius 1 is 1.33 bits per heavy atom. The van der Waals surface area contributed by atoms with E-state index in [1.54, 1.807) is 10.8 Å². The number of carbonyl (C=O) groups is 1. The number of aromatic nitrogens is 2. The summed E-state index contributed by atoms with van der Waals surface area (Å²) in [5, 5.41) is 9.10. The molecule has 2 heterocycles. The molecule has 0 aliphatic heterocycles. The highest BCUT2D eigenvalue weighted by Gasteiger charge is 2.13. The molecule has 0 spiro atoms. The maximum absolute atomic E-state index is 12.0. The van der Waals surface area contributed by atoms with Crippen LogP contribution in [-0.4, -0.2) is 20.6 Å². The van der Waals surface area contributed by atoms with Crippen molar-refractivity contribution in [1.29, 1.82) is 0 Å². The van der Waals surface area contributed by atoms with Gasteiger partial charge in [-0.15, -0.1) is 0 Å². The Bertz CT molecular complexity index is 930. The number of ether oxygens (including phenoxy) is 1. The number of rotatable bonds is 4. The number of halogens is 1. The molecule has 0 radical (unpaired) electrons. The van der Waals surface area contributed by atoms with Crippen LogP contribution >= 0.6 is 15.9 Å². The molecular formula is C16H11BrN2O5. The van der Waals surface area contributed by atoms with E-state index in [0.717, 1.165) is 22.5 Å². The monoisotopic (exact) mass is 390 g/mol. The van der Waals surface area contributed by atoms with Crippen LogP contribution in [0.3, 0.4) is 0 Å². The van der Waals surface area contributed by atoms with Crippen molar-refractivity contribution in [3.8, 4) is 11.4 Å². The summed E-state index contributed by atoms with van der Waals surface area (Å²) in [5.74, 6) is -1.03. The Labute approximate surface area is 144 Å². The first-order valence-electron chi connectivity index (χ1n) is 6.80. The molecule has 1 N–H and O–H groups in total. The summed E-state index contributed by atoms with van der Waals surface area (Å²) in [7, 11) is 0. The summed E-state index contributed by atoms with van der Waals surface area (Å²) in [6.45, 7) is -0.237. The van der Waals surface area contributed by atoms with Crippen LogP contribution in [-0.2, 0) is 11.3 Å². The fourth-order valence-corrected chi connectivity index (χ4v) is 2.18. The summed E-state index contributed by atoms with van der Waals surface area (Å²) < 4.78 is 12.6. The molecular weight excluding hydrogens is 380 g/mol. The Morgan fingerprint density at radius 3 is 2.79 bits per heavy atom. The van der Waals surface area contributed by atoms with Gasteiger partial charge >= 0.3 is 5.97 Å². The van der Waals surface area contributed by atoms with E-state index in [0.29, 0.717) is 0 Å². The van der Waals surface area contributed by atoms with Gasteiger partial charge in [-0.25, -0.2) is 9.78 Å². The van der Waals surface area contributed by atoms with Crippen molar-refractivity contribution in [3.05, 3.63) is 75.3 Å². The number of nitrogens with zero attached hydrogens (tertiary/aromatic N) is 2. The number of aromatic hydroxyl groups is 1. The lowest BCUT2D eigenvalue weighted by Crippen LogP contribution is -2.07. The topological polar surface area (TPSA) is 94.6 Å². The Kier molecular flexibility index (Phi) is 4.48. The average molecular weight is 391 g/mol. The molecule has 3 rings (SSSR count). The standard InChI is InChI=1S/C16H11BrN2O5/c17-10-1-3-11(4-2-10)19-6-13(18-9-19)16(22)24-7-12-5-14(20)15(21)8-23-12/h1-6,8-9,21H,7H2. The second-order valence-electron chi connectivity index (χ2n) is 4.81. The van der Waals surface area contributed by atoms with Crippen molar-refractivity contribution in [2.24, 2.45) is 0 Å². The second-order valence-corrected chi connectivity index (χ2v) is 5.73. The molecule has 3 aromatic rings. The smallest absolute Gasteiger partial charge is 0.358 e. The maximum atomic E-state index is 12.0. The third kappa shape index (κ3) is 3.54. The van der Waals surface area contributed by atoms with Crippen molar-refractivity contribution in [2.75, 3.05) is 0 Å². The molecule has 1 aromatic carbocycles. The zero-order valence-corrected chi connectivity index (χ0v) is 13.8. The van der Waals surface area contributed by atoms with Crippen molar-refractivity contribution in [1.82, 2.24) is 9.55 Å². The first-order valence-corrected chi connectivity index (χ1v) is 7.60. The quantitative estimate of drug-likeness (QED) is 0.688. The summed E-state index contributed by atoms with van der Waals surface area (Å²) in [5.41, 5.74) is 0.361. The van der Waals surface area contributed by atoms with Crippen LogP contribution in [0.25, 0.3) is 5.69 Å². The van der Waals surface area contributed by atoms with Crippen LogP contribution in [0.5, 0.6) is 5.75 Å². The number of hydrogen-bond donors (Lipinski definition) is 1. The minimum Gasteiger partial charge on any atom is -0.502 e. The normalized spacial score (nSPS) is 10.5. The number of imidazole rings is 1. The number of hydrogen-bond acceptors (Lipinski definition) is 6. The van der Waals surface area contributed by atoms with Gasteiger partial charge in [0.25, 0.3) is 0 Å². The van der Waals surface area contributed by atoms with Gasteiger partial charge in [0.2, 0.25) is 5.43 Å². The van der Waals surface area contributed by atoms with Gasteiger partial charge in [-0.1, -0.05) is 15.9 Å². The molecule has 7 nitrogen and oxygen atoms in total. The Hall–Kier alpha value is -2.87. The molecule has 0 aliphatic carbocycles. The zero-order chi connectivity index (χ0) is 17.1. The molecule has 24 heavy (non-hydrogen) atoms. The molecule has 0 unspecified atom stereocenters. The molecule has 0 amide bonds. The number of carbonyl (C=O) groups excluding carboxylic acids is 1. The summed E-state index contributed by atoms with van der Waals surface area (Å²) >= 11 is 3.35. The van der Waals surface area contributed by atoms with Gasteiger partial charge in [-0.3, -0.25) is 4.79 Å². The molecule has 8 heteroatoms. The van der Waals surface area contributed by atoms with Crippen molar-refractivity contribution < 1.29 is 19.1 Å². The second kappa shape index (κ2) is 6.71. The summed E-state index contributed by atoms with van der Waals surface area (Å²) in [6.07, 6.45) is 3.94. The van der Waals surface area contributed by atoms with Crippen LogP contribution in [0.1, 0.15) is 16.2 Å². The van der Waals surface area contributed by atoms with Gasteiger partial charge in [-0.2, -0.15) is 0 Å². The largest absolute Gasteiger partial charge is 0.502 e. The SMILES string of the molecule is O=C(OCc1cc(=O)c(O)co1)c1cn(-c2ccc(Br)cc2)cn1. The molecule has 0 atom stereocenters. The lowest BCUT2D eigenvalue weighted by molar-refractivity contribution is 0.0436. The molecule has 0 saturated carbocycles. The average Bonchev–Trinajstić information content (AvgIpc) is 3.06. The van der Waals surface area contributed by atoms with Gasteiger partial charge in [0.15, 0.2) is 11.4 Å². The third-order valence-corrected chi connectivity index (χ3v) is 3.66. The van der Waals surface area contributed by atoms with Gasteiger partial charge < -0.3 is 18.8 Å². The lowest BCUT2D eigenvalue weighted by Gasteiger charge is -2.02. The van der Waals surface area contributed by atoms with Crippen LogP contribution in [0, 0.1) is 0 Å². The minimum atomic E-state index is -0.651. The van der Waals surface area contributed by atoms with Crippen molar-refractivity contribution >= 4 is 21.9 Å². The maximum Gasteiger partial charge on any atom is 0.358 e. The van der Waals surface area contributed by atoms with E-state index in [1.165, 1.54) is 6.33 Å². The summed E-state index contributed by atoms with van der Waals surface area (Å²) in [4.78, 5) is 27.3. The van der Waals surface area contributed by atoms with Crippen LogP contribution in [0.15, 0.2) is 62.8 Å². The van der Waals surface area contributed by atoms with Crippen LogP contribution in [0.2, 0.25) is 0 Å². The molecule has 2 aromatic heterocycles. The predicted octanol–water partition coefficient (Wildman–Crippen LogP) is 2.65. The van der Waals surface area contributed by atoms with Gasteiger partial charge in [-0.05, 0) is 24.3 Å². The van der Waals surface area contributed by atoms with E-state index >= 15 is 0 Å². The molecule has 122 valence electrons. The molecule has 0 aliphatic rings. The fourth-order valence-electron chi connectivity index (χ4n) is 1.91. The van der Waals surface area contributed by atoms with E-state index in [9.17, 15) is 9.59 Å². The van der Waals surface area contributed by atoms with E-state index in [4.69, 9.17) is 14.3 Å². The van der Waals surface area contributed by atoms with Crippen LogP contribution in [0.4, 0.5) is 0 Å². The van der Waals surface area contributed by atoms with Gasteiger partial charge in [0, 0.05) is 22.4 Å². The Morgan fingerprint density at radius 2 is 2.08 bits per heavy atom. The van der Waals surface area contributed by atoms with E-state index in [1.807, 2.05) is 24.3 Å². The number of esters is 1. The highest BCUT2D eigenvalue weighted by Crippen LogP contribution is 2.15. The minimum absolute atomic E-state index is 0.124. The number of benzene rings is 1. The van der Waals surface area contributed by atoms with Gasteiger partial charge in [0.1, 0.15) is 25.0 Å². The first kappa shape index (κ1) is 16.0.